The van der Waals surface area contributed by atoms with Crippen LogP contribution in [0.2, 0.25) is 0 Å². The number of aromatic nitrogens is 5. The predicted octanol–water partition coefficient (Wildman–Crippen LogP) is 3.52. The maximum absolute atomic E-state index is 12.5. The van der Waals surface area contributed by atoms with Gasteiger partial charge in [0.05, 0.1) is 17.6 Å². The Kier molecular flexibility index (Phi) is 4.47. The van der Waals surface area contributed by atoms with E-state index in [0.29, 0.717) is 17.9 Å². The summed E-state index contributed by atoms with van der Waals surface area (Å²) in [6, 6.07) is 14.9. The summed E-state index contributed by atoms with van der Waals surface area (Å²) < 4.78 is 1.54. The van der Waals surface area contributed by atoms with Gasteiger partial charge in [-0.25, -0.2) is 4.98 Å². The summed E-state index contributed by atoms with van der Waals surface area (Å²) in [4.78, 5) is 17.2. The molecule has 2 aromatic heterocycles. The van der Waals surface area contributed by atoms with Crippen LogP contribution in [0.25, 0.3) is 17.2 Å². The van der Waals surface area contributed by atoms with Crippen molar-refractivity contribution in [1.29, 1.82) is 0 Å². The lowest BCUT2D eigenvalue weighted by atomic mass is 9.86. The second-order valence-electron chi connectivity index (χ2n) is 7.66. The van der Waals surface area contributed by atoms with E-state index in [2.05, 4.69) is 25.6 Å². The maximum atomic E-state index is 12.5. The molecule has 0 radical (unpaired) electrons. The van der Waals surface area contributed by atoms with E-state index in [9.17, 15) is 9.90 Å². The molecular formula is C23H20N6O2. The SMILES string of the molecule is Cc1ccc(-c2cnnc(-n3nc(C)c4c3NC(=O)C[C@@H]4c3ccc(O)cc3)n2)cc1. The average molecular weight is 412 g/mol. The number of hydrogen-bond acceptors (Lipinski definition) is 6. The van der Waals surface area contributed by atoms with Crippen molar-refractivity contribution >= 4 is 11.7 Å². The molecule has 1 aliphatic rings. The fourth-order valence-corrected chi connectivity index (χ4v) is 3.93. The molecular weight excluding hydrogens is 392 g/mol. The van der Waals surface area contributed by atoms with Gasteiger partial charge in [-0.3, -0.25) is 4.79 Å². The molecule has 4 aromatic rings. The van der Waals surface area contributed by atoms with Gasteiger partial charge in [-0.1, -0.05) is 42.0 Å². The van der Waals surface area contributed by atoms with Gasteiger partial charge < -0.3 is 10.4 Å². The average Bonchev–Trinajstić information content (AvgIpc) is 3.10. The van der Waals surface area contributed by atoms with Crippen LogP contribution in [-0.4, -0.2) is 36.0 Å². The molecule has 1 amide bonds. The second kappa shape index (κ2) is 7.32. The molecule has 5 rings (SSSR count). The normalized spacial score (nSPS) is 15.4. The van der Waals surface area contributed by atoms with Gasteiger partial charge in [-0.2, -0.15) is 14.9 Å². The third-order valence-corrected chi connectivity index (χ3v) is 5.48. The first kappa shape index (κ1) is 18.9. The molecule has 1 aliphatic heterocycles. The van der Waals surface area contributed by atoms with Gasteiger partial charge in [0.15, 0.2) is 0 Å². The molecule has 0 saturated carbocycles. The van der Waals surface area contributed by atoms with Crippen LogP contribution in [0.4, 0.5) is 5.82 Å². The first-order valence-corrected chi connectivity index (χ1v) is 9.95. The molecule has 154 valence electrons. The van der Waals surface area contributed by atoms with Crippen LogP contribution in [0, 0.1) is 13.8 Å². The van der Waals surface area contributed by atoms with Crippen molar-refractivity contribution in [2.45, 2.75) is 26.2 Å². The van der Waals surface area contributed by atoms with Crippen molar-refractivity contribution in [2.24, 2.45) is 0 Å². The van der Waals surface area contributed by atoms with E-state index in [1.54, 1.807) is 23.0 Å². The fourth-order valence-electron chi connectivity index (χ4n) is 3.93. The molecule has 0 aliphatic carbocycles. The zero-order chi connectivity index (χ0) is 21.5. The largest absolute Gasteiger partial charge is 0.508 e. The monoisotopic (exact) mass is 412 g/mol. The summed E-state index contributed by atoms with van der Waals surface area (Å²) in [6.45, 7) is 3.93. The molecule has 0 unspecified atom stereocenters. The van der Waals surface area contributed by atoms with E-state index in [-0.39, 0.29) is 23.5 Å². The molecule has 31 heavy (non-hydrogen) atoms. The first-order chi connectivity index (χ1) is 15.0. The maximum Gasteiger partial charge on any atom is 0.272 e. The number of aryl methyl sites for hydroxylation is 2. The molecule has 8 nitrogen and oxygen atoms in total. The summed E-state index contributed by atoms with van der Waals surface area (Å²) in [6.07, 6.45) is 1.90. The van der Waals surface area contributed by atoms with Gasteiger partial charge in [0.25, 0.3) is 5.95 Å². The van der Waals surface area contributed by atoms with Crippen LogP contribution in [0.5, 0.6) is 5.75 Å². The lowest BCUT2D eigenvalue weighted by Gasteiger charge is -2.24. The Morgan fingerprint density at radius 3 is 2.55 bits per heavy atom. The number of carbonyl (C=O) groups is 1. The highest BCUT2D eigenvalue weighted by Gasteiger charge is 2.33. The molecule has 2 aromatic carbocycles. The molecule has 0 fully saturated rings. The Morgan fingerprint density at radius 2 is 1.81 bits per heavy atom. The Labute approximate surface area is 178 Å². The van der Waals surface area contributed by atoms with E-state index >= 15 is 0 Å². The number of anilines is 1. The van der Waals surface area contributed by atoms with Gasteiger partial charge in [0.2, 0.25) is 5.91 Å². The van der Waals surface area contributed by atoms with E-state index in [1.807, 2.05) is 50.2 Å². The standard InChI is InChI=1S/C23H20N6O2/c1-13-3-5-16(6-4-13)19-12-24-27-23(25-19)29-22-21(14(2)28-29)18(11-20(31)26-22)15-7-9-17(30)10-8-15/h3-10,12,18,30H,11H2,1-2H3,(H,26,31)/t18-/m1/s1. The minimum atomic E-state index is -0.175. The van der Waals surface area contributed by atoms with Crippen molar-refractivity contribution in [1.82, 2.24) is 25.0 Å². The minimum Gasteiger partial charge on any atom is -0.508 e. The van der Waals surface area contributed by atoms with Crippen molar-refractivity contribution in [3.05, 3.63) is 77.1 Å². The van der Waals surface area contributed by atoms with Crippen molar-refractivity contribution in [2.75, 3.05) is 5.32 Å². The quantitative estimate of drug-likeness (QED) is 0.533. The summed E-state index contributed by atoms with van der Waals surface area (Å²) in [7, 11) is 0. The first-order valence-electron chi connectivity index (χ1n) is 9.95. The van der Waals surface area contributed by atoms with Crippen molar-refractivity contribution < 1.29 is 9.90 Å². The number of fused-ring (bicyclic) bond motifs is 1. The molecule has 1 atom stereocenters. The number of nitrogens with one attached hydrogen (secondary N) is 1. The smallest absolute Gasteiger partial charge is 0.272 e. The highest BCUT2D eigenvalue weighted by molar-refractivity contribution is 5.95. The van der Waals surface area contributed by atoms with Crippen molar-refractivity contribution in [3.63, 3.8) is 0 Å². The van der Waals surface area contributed by atoms with E-state index < -0.39 is 0 Å². The van der Waals surface area contributed by atoms with Gasteiger partial charge in [-0.15, -0.1) is 5.10 Å². The molecule has 2 N–H and O–H groups in total. The summed E-state index contributed by atoms with van der Waals surface area (Å²) in [5.74, 6) is 0.730. The molecule has 8 heteroatoms. The van der Waals surface area contributed by atoms with Gasteiger partial charge in [0, 0.05) is 23.5 Å². The lowest BCUT2D eigenvalue weighted by molar-refractivity contribution is -0.116. The number of nitrogens with zero attached hydrogens (tertiary/aromatic N) is 5. The summed E-state index contributed by atoms with van der Waals surface area (Å²) >= 11 is 0. The van der Waals surface area contributed by atoms with Gasteiger partial charge >= 0.3 is 0 Å². The molecule has 3 heterocycles. The molecule has 0 saturated heterocycles. The Bertz CT molecular complexity index is 1280. The second-order valence-corrected chi connectivity index (χ2v) is 7.66. The van der Waals surface area contributed by atoms with E-state index in [1.165, 1.54) is 0 Å². The van der Waals surface area contributed by atoms with Crippen LogP contribution in [0.1, 0.15) is 34.7 Å². The summed E-state index contributed by atoms with van der Waals surface area (Å²) in [5, 5.41) is 25.5. The Hall–Kier alpha value is -4.07. The van der Waals surface area contributed by atoms with Gasteiger partial charge in [0.1, 0.15) is 11.6 Å². The molecule has 0 spiro atoms. The number of phenolic OH excluding ortho intramolecular Hbond substituents is 1. The van der Waals surface area contributed by atoms with Crippen LogP contribution in [0.3, 0.4) is 0 Å². The topological polar surface area (TPSA) is 106 Å². The van der Waals surface area contributed by atoms with Gasteiger partial charge in [-0.05, 0) is 31.5 Å². The zero-order valence-corrected chi connectivity index (χ0v) is 17.1. The zero-order valence-electron chi connectivity index (χ0n) is 17.1. The van der Waals surface area contributed by atoms with E-state index in [4.69, 9.17) is 0 Å². The summed E-state index contributed by atoms with van der Waals surface area (Å²) in [5.41, 5.74) is 5.37. The third-order valence-electron chi connectivity index (χ3n) is 5.48. The number of phenols is 1. The fraction of sp³-hybridized carbons (Fsp3) is 0.174. The van der Waals surface area contributed by atoms with Crippen LogP contribution in [0.15, 0.2) is 54.7 Å². The van der Waals surface area contributed by atoms with Crippen LogP contribution in [-0.2, 0) is 4.79 Å². The highest BCUT2D eigenvalue weighted by Crippen LogP contribution is 2.40. The Balaban J connectivity index is 1.60. The van der Waals surface area contributed by atoms with E-state index in [0.717, 1.165) is 27.9 Å². The third kappa shape index (κ3) is 3.42. The highest BCUT2D eigenvalue weighted by atomic mass is 16.3. The Morgan fingerprint density at radius 1 is 1.06 bits per heavy atom. The predicted molar refractivity (Wildman–Crippen MR) is 115 cm³/mol. The van der Waals surface area contributed by atoms with Crippen LogP contribution >= 0.6 is 0 Å². The number of hydrogen-bond donors (Lipinski definition) is 2. The number of rotatable bonds is 3. The minimum absolute atomic E-state index is 0.116. The van der Waals surface area contributed by atoms with Crippen LogP contribution < -0.4 is 5.32 Å². The molecule has 0 bridgehead atoms. The number of amides is 1. The lowest BCUT2D eigenvalue weighted by Crippen LogP contribution is -2.25. The number of carbonyl (C=O) groups excluding carboxylic acids is 1. The number of aromatic hydroxyl groups is 1. The number of benzene rings is 2. The van der Waals surface area contributed by atoms with Crippen molar-refractivity contribution in [3.8, 4) is 23.0 Å².